The van der Waals surface area contributed by atoms with Gasteiger partial charge in [-0.25, -0.2) is 0 Å². The Morgan fingerprint density at radius 3 is 1.52 bits per heavy atom. The summed E-state index contributed by atoms with van der Waals surface area (Å²) in [6, 6.07) is 83.9. The second-order valence-corrected chi connectivity index (χ2v) is 16.4. The van der Waals surface area contributed by atoms with Crippen LogP contribution >= 0.6 is 0 Å². The standard InChI is InChI=1S/C59H38N2O/c1-4-19-39(20-5-1)60(40-21-6-2-7-22-40)55-38-53-57(46-28-11-10-26-44(46)55)48-29-13-16-32-51(48)59(53)50-31-15-12-25-43(50)49-37-42(35-36-52(49)59)61(41-23-8-3-9-24-41)54-33-18-30-47-45-27-14-17-34-56(45)62-58(47)54/h1-38H. The molecular formula is C59H38N2O. The normalized spacial score (nSPS) is 14.5. The molecule has 13 rings (SSSR count). The van der Waals surface area contributed by atoms with Crippen molar-refractivity contribution in [1.82, 2.24) is 0 Å². The van der Waals surface area contributed by atoms with Crippen molar-refractivity contribution in [1.29, 1.82) is 0 Å². The highest BCUT2D eigenvalue weighted by atomic mass is 16.3. The first kappa shape index (κ1) is 34.7. The molecule has 1 unspecified atom stereocenters. The van der Waals surface area contributed by atoms with E-state index < -0.39 is 5.41 Å². The van der Waals surface area contributed by atoms with Crippen LogP contribution in [0, 0.1) is 0 Å². The van der Waals surface area contributed by atoms with Crippen molar-refractivity contribution in [3.05, 3.63) is 253 Å². The first-order valence-corrected chi connectivity index (χ1v) is 21.4. The highest BCUT2D eigenvalue weighted by Gasteiger charge is 2.52. The van der Waals surface area contributed by atoms with E-state index in [0.717, 1.165) is 56.1 Å². The number of fused-ring (bicyclic) bond motifs is 15. The molecule has 0 amide bonds. The molecule has 62 heavy (non-hydrogen) atoms. The number of nitrogens with zero attached hydrogens (tertiary/aromatic N) is 2. The van der Waals surface area contributed by atoms with Gasteiger partial charge in [0.25, 0.3) is 0 Å². The van der Waals surface area contributed by atoms with E-state index in [1.807, 2.05) is 6.07 Å². The second-order valence-electron chi connectivity index (χ2n) is 16.4. The third-order valence-electron chi connectivity index (χ3n) is 13.2. The summed E-state index contributed by atoms with van der Waals surface area (Å²) in [5.41, 5.74) is 18.0. The Kier molecular flexibility index (Phi) is 7.52. The Balaban J connectivity index is 1.10. The van der Waals surface area contributed by atoms with Crippen LogP contribution in [0.1, 0.15) is 22.3 Å². The summed E-state index contributed by atoms with van der Waals surface area (Å²) in [6.45, 7) is 0. The van der Waals surface area contributed by atoms with E-state index in [1.165, 1.54) is 55.3 Å². The molecule has 0 bridgehead atoms. The average molecular weight is 791 g/mol. The summed E-state index contributed by atoms with van der Waals surface area (Å²) >= 11 is 0. The van der Waals surface area contributed by atoms with Crippen LogP contribution in [-0.4, -0.2) is 0 Å². The Labute approximate surface area is 360 Å². The second kappa shape index (κ2) is 13.4. The van der Waals surface area contributed by atoms with E-state index in [0.29, 0.717) is 0 Å². The summed E-state index contributed by atoms with van der Waals surface area (Å²) < 4.78 is 6.69. The fourth-order valence-corrected chi connectivity index (χ4v) is 10.8. The summed E-state index contributed by atoms with van der Waals surface area (Å²) in [7, 11) is 0. The molecule has 1 heterocycles. The lowest BCUT2D eigenvalue weighted by Gasteiger charge is -2.33. The fraction of sp³-hybridized carbons (Fsp3) is 0.0169. The summed E-state index contributed by atoms with van der Waals surface area (Å²) in [4.78, 5) is 4.79. The monoisotopic (exact) mass is 790 g/mol. The van der Waals surface area contributed by atoms with Crippen LogP contribution in [0.25, 0.3) is 55.0 Å². The third-order valence-corrected chi connectivity index (χ3v) is 13.2. The van der Waals surface area contributed by atoms with Crippen molar-refractivity contribution in [3.63, 3.8) is 0 Å². The molecule has 0 fully saturated rings. The lowest BCUT2D eigenvalue weighted by atomic mass is 9.70. The number of para-hydroxylation sites is 5. The largest absolute Gasteiger partial charge is 0.454 e. The van der Waals surface area contributed by atoms with Crippen LogP contribution < -0.4 is 9.80 Å². The Morgan fingerprint density at radius 1 is 0.306 bits per heavy atom. The first-order chi connectivity index (χ1) is 30.8. The predicted molar refractivity (Wildman–Crippen MR) is 257 cm³/mol. The summed E-state index contributed by atoms with van der Waals surface area (Å²) in [6.07, 6.45) is 0. The molecule has 290 valence electrons. The van der Waals surface area contributed by atoms with Crippen LogP contribution in [0.15, 0.2) is 235 Å². The quantitative estimate of drug-likeness (QED) is 0.167. The molecule has 0 saturated carbocycles. The van der Waals surface area contributed by atoms with Crippen molar-refractivity contribution in [2.45, 2.75) is 5.41 Å². The van der Waals surface area contributed by atoms with Crippen molar-refractivity contribution >= 4 is 66.8 Å². The highest BCUT2D eigenvalue weighted by molar-refractivity contribution is 6.13. The van der Waals surface area contributed by atoms with Gasteiger partial charge in [-0.1, -0.05) is 164 Å². The molecule has 0 saturated heterocycles. The zero-order valence-electron chi connectivity index (χ0n) is 33.7. The lowest BCUT2D eigenvalue weighted by Crippen LogP contribution is -2.26. The molecule has 11 aromatic rings. The van der Waals surface area contributed by atoms with Gasteiger partial charge in [0.2, 0.25) is 0 Å². The van der Waals surface area contributed by atoms with Gasteiger partial charge in [0.1, 0.15) is 5.58 Å². The van der Waals surface area contributed by atoms with E-state index in [-0.39, 0.29) is 0 Å². The van der Waals surface area contributed by atoms with E-state index >= 15 is 0 Å². The predicted octanol–water partition coefficient (Wildman–Crippen LogP) is 16.0. The Morgan fingerprint density at radius 2 is 0.823 bits per heavy atom. The smallest absolute Gasteiger partial charge is 0.159 e. The maximum Gasteiger partial charge on any atom is 0.159 e. The molecule has 1 spiro atoms. The van der Waals surface area contributed by atoms with Gasteiger partial charge in [-0.15, -0.1) is 0 Å². The summed E-state index contributed by atoms with van der Waals surface area (Å²) in [5.74, 6) is 0. The minimum atomic E-state index is -0.565. The van der Waals surface area contributed by atoms with Crippen LogP contribution in [0.2, 0.25) is 0 Å². The minimum absolute atomic E-state index is 0.565. The lowest BCUT2D eigenvalue weighted by molar-refractivity contribution is 0.669. The fourth-order valence-electron chi connectivity index (χ4n) is 10.8. The van der Waals surface area contributed by atoms with E-state index in [9.17, 15) is 0 Å². The SMILES string of the molecule is c1ccc(N(c2ccccc2)c2cc3c(c4ccccc24)-c2ccccc2C32c3ccccc3-c3cc(N(c4ccccc4)c4cccc5c4oc4ccccc45)ccc32)cc1. The molecule has 10 aromatic carbocycles. The molecule has 0 aliphatic heterocycles. The number of benzene rings is 10. The van der Waals surface area contributed by atoms with Crippen LogP contribution in [0.3, 0.4) is 0 Å². The van der Waals surface area contributed by atoms with Gasteiger partial charge in [-0.2, -0.15) is 0 Å². The third kappa shape index (κ3) is 4.82. The topological polar surface area (TPSA) is 19.6 Å². The number of hydrogen-bond acceptors (Lipinski definition) is 3. The van der Waals surface area contributed by atoms with Crippen LogP contribution in [0.4, 0.5) is 34.1 Å². The van der Waals surface area contributed by atoms with E-state index in [1.54, 1.807) is 0 Å². The molecule has 3 nitrogen and oxygen atoms in total. The minimum Gasteiger partial charge on any atom is -0.454 e. The molecule has 0 radical (unpaired) electrons. The van der Waals surface area contributed by atoms with Crippen molar-refractivity contribution in [2.75, 3.05) is 9.80 Å². The van der Waals surface area contributed by atoms with Gasteiger partial charge in [-0.05, 0) is 117 Å². The maximum atomic E-state index is 6.69. The van der Waals surface area contributed by atoms with Crippen molar-refractivity contribution in [2.24, 2.45) is 0 Å². The van der Waals surface area contributed by atoms with Gasteiger partial charge in [0, 0.05) is 38.9 Å². The molecule has 2 aliphatic carbocycles. The number of hydrogen-bond donors (Lipinski definition) is 0. The highest BCUT2D eigenvalue weighted by Crippen LogP contribution is 2.65. The van der Waals surface area contributed by atoms with Gasteiger partial charge < -0.3 is 14.2 Å². The van der Waals surface area contributed by atoms with Gasteiger partial charge in [0.15, 0.2) is 5.58 Å². The number of anilines is 6. The van der Waals surface area contributed by atoms with Crippen LogP contribution in [-0.2, 0) is 5.41 Å². The van der Waals surface area contributed by atoms with E-state index in [2.05, 4.69) is 234 Å². The zero-order chi connectivity index (χ0) is 40.8. The molecule has 0 N–H and O–H groups in total. The average Bonchev–Trinajstić information content (AvgIpc) is 3.97. The van der Waals surface area contributed by atoms with Gasteiger partial charge >= 0.3 is 0 Å². The molecule has 1 aromatic heterocycles. The number of rotatable bonds is 6. The Bertz CT molecular complexity index is 3500. The summed E-state index contributed by atoms with van der Waals surface area (Å²) in [5, 5.41) is 4.68. The van der Waals surface area contributed by atoms with Crippen LogP contribution in [0.5, 0.6) is 0 Å². The molecular weight excluding hydrogens is 753 g/mol. The Hall–Kier alpha value is -8.14. The first-order valence-electron chi connectivity index (χ1n) is 21.4. The van der Waals surface area contributed by atoms with Crippen molar-refractivity contribution < 1.29 is 4.42 Å². The van der Waals surface area contributed by atoms with Gasteiger partial charge in [0.05, 0.1) is 16.8 Å². The molecule has 2 aliphatic rings. The molecule has 1 atom stereocenters. The number of furan rings is 1. The molecule has 3 heteroatoms. The zero-order valence-corrected chi connectivity index (χ0v) is 33.7. The van der Waals surface area contributed by atoms with Crippen molar-refractivity contribution in [3.8, 4) is 22.3 Å². The van der Waals surface area contributed by atoms with Gasteiger partial charge in [-0.3, -0.25) is 0 Å². The van der Waals surface area contributed by atoms with E-state index in [4.69, 9.17) is 4.42 Å². The maximum absolute atomic E-state index is 6.69.